The van der Waals surface area contributed by atoms with Crippen molar-refractivity contribution in [2.45, 2.75) is 11.4 Å². The summed E-state index contributed by atoms with van der Waals surface area (Å²) in [6, 6.07) is 12.4. The number of hydrogen-bond donors (Lipinski definition) is 1. The molecule has 0 aliphatic heterocycles. The van der Waals surface area contributed by atoms with Crippen LogP contribution < -0.4 is 10.1 Å². The van der Waals surface area contributed by atoms with Gasteiger partial charge in [-0.05, 0) is 29.8 Å². The minimum absolute atomic E-state index is 0.311. The molecule has 1 heterocycles. The van der Waals surface area contributed by atoms with Crippen LogP contribution in [0.5, 0.6) is 5.75 Å². The molecule has 0 saturated heterocycles. The highest BCUT2D eigenvalue weighted by Crippen LogP contribution is 2.24. The lowest BCUT2D eigenvalue weighted by Gasteiger charge is -2.09. The molecule has 24 heavy (non-hydrogen) atoms. The Morgan fingerprint density at radius 3 is 2.50 bits per heavy atom. The lowest BCUT2D eigenvalue weighted by Crippen LogP contribution is -2.03. The molecular weight excluding hydrogens is 326 g/mol. The van der Waals surface area contributed by atoms with Crippen LogP contribution in [-0.2, 0) is 16.4 Å². The highest BCUT2D eigenvalue weighted by atomic mass is 32.2. The topological polar surface area (TPSA) is 81.2 Å². The number of hydrogen-bond acceptors (Lipinski definition) is 6. The normalized spacial score (nSPS) is 11.4. The Labute approximate surface area is 140 Å². The molecule has 124 valence electrons. The second-order valence-corrected chi connectivity index (χ2v) is 7.39. The van der Waals surface area contributed by atoms with Gasteiger partial charge in [0.1, 0.15) is 17.9 Å². The number of rotatable bonds is 5. The Morgan fingerprint density at radius 1 is 1.08 bits per heavy atom. The lowest BCUT2D eigenvalue weighted by molar-refractivity contribution is 0.415. The van der Waals surface area contributed by atoms with Crippen LogP contribution in [0.15, 0.2) is 53.7 Å². The molecule has 7 heteroatoms. The van der Waals surface area contributed by atoms with Gasteiger partial charge in [-0.3, -0.25) is 0 Å². The van der Waals surface area contributed by atoms with Crippen molar-refractivity contribution in [3.63, 3.8) is 0 Å². The summed E-state index contributed by atoms with van der Waals surface area (Å²) in [4.78, 5) is 8.83. The molecule has 1 N–H and O–H groups in total. The van der Waals surface area contributed by atoms with Gasteiger partial charge >= 0.3 is 0 Å². The zero-order chi connectivity index (χ0) is 17.2. The summed E-state index contributed by atoms with van der Waals surface area (Å²) in [5.41, 5.74) is 1.75. The van der Waals surface area contributed by atoms with E-state index in [4.69, 9.17) is 4.74 Å². The molecule has 0 unspecified atom stereocenters. The number of anilines is 1. The second kappa shape index (κ2) is 6.45. The number of aromatic nitrogens is 2. The van der Waals surface area contributed by atoms with E-state index in [-0.39, 0.29) is 0 Å². The summed E-state index contributed by atoms with van der Waals surface area (Å²) in [5.74, 6) is 1.46. The van der Waals surface area contributed by atoms with E-state index in [0.29, 0.717) is 11.4 Å². The first kappa shape index (κ1) is 16.2. The van der Waals surface area contributed by atoms with Crippen LogP contribution in [0.2, 0.25) is 0 Å². The van der Waals surface area contributed by atoms with E-state index in [2.05, 4.69) is 15.3 Å². The van der Waals surface area contributed by atoms with Crippen LogP contribution in [0.1, 0.15) is 5.56 Å². The first-order valence-electron chi connectivity index (χ1n) is 7.29. The van der Waals surface area contributed by atoms with Crippen LogP contribution in [0.4, 0.5) is 5.82 Å². The monoisotopic (exact) mass is 343 g/mol. The average molecular weight is 343 g/mol. The predicted octanol–water partition coefficient (Wildman–Crippen LogP) is 2.65. The summed E-state index contributed by atoms with van der Waals surface area (Å²) >= 11 is 0. The summed E-state index contributed by atoms with van der Waals surface area (Å²) in [7, 11) is -1.56. The lowest BCUT2D eigenvalue weighted by atomic mass is 10.2. The molecule has 0 amide bonds. The molecule has 0 aliphatic rings. The predicted molar refractivity (Wildman–Crippen MR) is 93.0 cm³/mol. The number of methoxy groups -OCH3 is 1. The minimum Gasteiger partial charge on any atom is -0.497 e. The van der Waals surface area contributed by atoms with E-state index in [9.17, 15) is 8.42 Å². The molecule has 1 aromatic heterocycles. The SMILES string of the molecule is COc1ccc2c(NCc3ccc(S(C)(=O)=O)cc3)ncnc2c1. The van der Waals surface area contributed by atoms with Crippen molar-refractivity contribution in [3.05, 3.63) is 54.4 Å². The zero-order valence-electron chi connectivity index (χ0n) is 13.4. The van der Waals surface area contributed by atoms with Gasteiger partial charge in [0.05, 0.1) is 17.5 Å². The van der Waals surface area contributed by atoms with Gasteiger partial charge in [0.2, 0.25) is 0 Å². The average Bonchev–Trinajstić information content (AvgIpc) is 2.59. The van der Waals surface area contributed by atoms with Crippen LogP contribution in [0.3, 0.4) is 0 Å². The third-order valence-electron chi connectivity index (χ3n) is 3.66. The number of fused-ring (bicyclic) bond motifs is 1. The fourth-order valence-electron chi connectivity index (χ4n) is 2.34. The van der Waals surface area contributed by atoms with Gasteiger partial charge in [-0.15, -0.1) is 0 Å². The van der Waals surface area contributed by atoms with Gasteiger partial charge in [0.25, 0.3) is 0 Å². The fourth-order valence-corrected chi connectivity index (χ4v) is 2.98. The van der Waals surface area contributed by atoms with Crippen molar-refractivity contribution in [2.75, 3.05) is 18.7 Å². The third kappa shape index (κ3) is 3.46. The molecule has 3 aromatic rings. The van der Waals surface area contributed by atoms with Crippen LogP contribution >= 0.6 is 0 Å². The van der Waals surface area contributed by atoms with E-state index >= 15 is 0 Å². The first-order valence-corrected chi connectivity index (χ1v) is 9.18. The molecule has 0 aliphatic carbocycles. The summed E-state index contributed by atoms with van der Waals surface area (Å²) < 4.78 is 28.2. The molecule has 6 nitrogen and oxygen atoms in total. The van der Waals surface area contributed by atoms with Gasteiger partial charge in [-0.2, -0.15) is 0 Å². The molecule has 3 rings (SSSR count). The van der Waals surface area contributed by atoms with Crippen molar-refractivity contribution in [1.29, 1.82) is 0 Å². The van der Waals surface area contributed by atoms with E-state index in [1.807, 2.05) is 18.2 Å². The van der Waals surface area contributed by atoms with E-state index in [0.717, 1.165) is 28.0 Å². The molecule has 0 atom stereocenters. The molecule has 0 saturated carbocycles. The van der Waals surface area contributed by atoms with Crippen LogP contribution in [0, 0.1) is 0 Å². The molecular formula is C17H17N3O3S. The summed E-state index contributed by atoms with van der Waals surface area (Å²) in [6.07, 6.45) is 2.69. The number of nitrogens with zero attached hydrogens (tertiary/aromatic N) is 2. The zero-order valence-corrected chi connectivity index (χ0v) is 14.2. The largest absolute Gasteiger partial charge is 0.497 e. The maximum Gasteiger partial charge on any atom is 0.175 e. The highest BCUT2D eigenvalue weighted by Gasteiger charge is 2.07. The van der Waals surface area contributed by atoms with Crippen molar-refractivity contribution >= 4 is 26.6 Å². The Balaban J connectivity index is 1.81. The quantitative estimate of drug-likeness (QED) is 0.767. The van der Waals surface area contributed by atoms with Gasteiger partial charge in [0.15, 0.2) is 9.84 Å². The van der Waals surface area contributed by atoms with Crippen molar-refractivity contribution in [1.82, 2.24) is 9.97 Å². The third-order valence-corrected chi connectivity index (χ3v) is 4.78. The summed E-state index contributed by atoms with van der Waals surface area (Å²) in [6.45, 7) is 0.530. The Kier molecular flexibility index (Phi) is 4.35. The van der Waals surface area contributed by atoms with E-state index in [1.54, 1.807) is 31.4 Å². The molecule has 0 bridgehead atoms. The van der Waals surface area contributed by atoms with E-state index < -0.39 is 9.84 Å². The van der Waals surface area contributed by atoms with Crippen molar-refractivity contribution in [3.8, 4) is 5.75 Å². The standard InChI is InChI=1S/C17H17N3O3S/c1-23-13-5-8-15-16(9-13)19-11-20-17(15)18-10-12-3-6-14(7-4-12)24(2,21)22/h3-9,11H,10H2,1-2H3,(H,18,19,20). The van der Waals surface area contributed by atoms with Crippen LogP contribution in [-0.4, -0.2) is 31.8 Å². The van der Waals surface area contributed by atoms with Gasteiger partial charge in [-0.1, -0.05) is 12.1 Å². The Bertz CT molecular complexity index is 970. The molecule has 0 radical (unpaired) electrons. The van der Waals surface area contributed by atoms with Gasteiger partial charge in [0, 0.05) is 24.3 Å². The maximum atomic E-state index is 11.5. The van der Waals surface area contributed by atoms with E-state index in [1.165, 1.54) is 12.6 Å². The highest BCUT2D eigenvalue weighted by molar-refractivity contribution is 7.90. The van der Waals surface area contributed by atoms with Gasteiger partial charge < -0.3 is 10.1 Å². The smallest absolute Gasteiger partial charge is 0.175 e. The van der Waals surface area contributed by atoms with Crippen LogP contribution in [0.25, 0.3) is 10.9 Å². The Morgan fingerprint density at radius 2 is 1.83 bits per heavy atom. The Hall–Kier alpha value is -2.67. The molecule has 0 spiro atoms. The maximum absolute atomic E-state index is 11.5. The molecule has 0 fully saturated rings. The minimum atomic E-state index is -3.18. The number of benzene rings is 2. The number of sulfone groups is 1. The fraction of sp³-hybridized carbons (Fsp3) is 0.176. The number of ether oxygens (including phenoxy) is 1. The summed E-state index contributed by atoms with van der Waals surface area (Å²) in [5, 5.41) is 4.15. The second-order valence-electron chi connectivity index (χ2n) is 5.38. The van der Waals surface area contributed by atoms with Gasteiger partial charge in [-0.25, -0.2) is 18.4 Å². The number of nitrogens with one attached hydrogen (secondary N) is 1. The first-order chi connectivity index (χ1) is 11.5. The van der Waals surface area contributed by atoms with Crippen molar-refractivity contribution < 1.29 is 13.2 Å². The van der Waals surface area contributed by atoms with Crippen molar-refractivity contribution in [2.24, 2.45) is 0 Å². The molecule has 2 aromatic carbocycles.